The number of rotatable bonds is 2. The summed E-state index contributed by atoms with van der Waals surface area (Å²) in [7, 11) is 0. The highest BCUT2D eigenvalue weighted by atomic mass is 35.5. The lowest BCUT2D eigenvalue weighted by molar-refractivity contribution is -0.187. The SMILES string of the molecule is C[C@@H](O)[C@]12C[C@@H]1[C@@H](n1ccc3c(Cl)ncnc31)[C@@H]1OC(C)(C)O[C@]12C. The molecule has 3 aliphatic rings. The fourth-order valence-electron chi connectivity index (χ4n) is 5.69. The van der Waals surface area contributed by atoms with Crippen LogP contribution in [0.2, 0.25) is 5.15 Å². The van der Waals surface area contributed by atoms with Crippen molar-refractivity contribution < 1.29 is 14.6 Å². The Balaban J connectivity index is 1.69. The smallest absolute Gasteiger partial charge is 0.164 e. The molecule has 7 heteroatoms. The van der Waals surface area contributed by atoms with Gasteiger partial charge in [-0.1, -0.05) is 11.6 Å². The molecule has 0 unspecified atom stereocenters. The summed E-state index contributed by atoms with van der Waals surface area (Å²) in [5, 5.41) is 11.9. The molecule has 134 valence electrons. The summed E-state index contributed by atoms with van der Waals surface area (Å²) in [6, 6.07) is 1.99. The monoisotopic (exact) mass is 363 g/mol. The molecule has 0 radical (unpaired) electrons. The van der Waals surface area contributed by atoms with Gasteiger partial charge in [0.05, 0.1) is 17.5 Å². The lowest BCUT2D eigenvalue weighted by Gasteiger charge is -2.36. The van der Waals surface area contributed by atoms with Crippen molar-refractivity contribution >= 4 is 22.6 Å². The largest absolute Gasteiger partial charge is 0.393 e. The van der Waals surface area contributed by atoms with Crippen LogP contribution in [0.1, 0.15) is 40.2 Å². The Morgan fingerprint density at radius 3 is 2.84 bits per heavy atom. The van der Waals surface area contributed by atoms with E-state index in [2.05, 4.69) is 21.5 Å². The third-order valence-corrected chi connectivity index (χ3v) is 6.95. The van der Waals surface area contributed by atoms with E-state index in [4.69, 9.17) is 21.1 Å². The number of ether oxygens (including phenoxy) is 2. The molecule has 1 N–H and O–H groups in total. The Kier molecular flexibility index (Phi) is 2.91. The maximum absolute atomic E-state index is 10.6. The van der Waals surface area contributed by atoms with Crippen molar-refractivity contribution in [3.63, 3.8) is 0 Å². The Hall–Kier alpha value is -1.21. The van der Waals surface area contributed by atoms with Crippen LogP contribution >= 0.6 is 11.6 Å². The fourth-order valence-corrected chi connectivity index (χ4v) is 5.89. The second kappa shape index (κ2) is 4.55. The van der Waals surface area contributed by atoms with E-state index in [1.54, 1.807) is 0 Å². The third-order valence-electron chi connectivity index (χ3n) is 6.64. The van der Waals surface area contributed by atoms with Gasteiger partial charge in [0.25, 0.3) is 0 Å². The maximum atomic E-state index is 10.6. The molecule has 3 fully saturated rings. The van der Waals surface area contributed by atoms with Gasteiger partial charge in [0.2, 0.25) is 0 Å². The van der Waals surface area contributed by atoms with Crippen molar-refractivity contribution in [3.05, 3.63) is 23.7 Å². The van der Waals surface area contributed by atoms with Gasteiger partial charge in [-0.3, -0.25) is 0 Å². The molecule has 2 aromatic heterocycles. The van der Waals surface area contributed by atoms with Crippen molar-refractivity contribution in [1.29, 1.82) is 0 Å². The first kappa shape index (κ1) is 16.0. The molecule has 2 aromatic rings. The van der Waals surface area contributed by atoms with Gasteiger partial charge in [-0.25, -0.2) is 9.97 Å². The minimum absolute atomic E-state index is 0.0461. The zero-order valence-electron chi connectivity index (χ0n) is 14.7. The van der Waals surface area contributed by atoms with Crippen LogP contribution in [0.4, 0.5) is 0 Å². The summed E-state index contributed by atoms with van der Waals surface area (Å²) in [6.45, 7) is 7.83. The summed E-state index contributed by atoms with van der Waals surface area (Å²) in [6.07, 6.45) is 3.79. The van der Waals surface area contributed by atoms with Crippen LogP contribution in [0, 0.1) is 11.3 Å². The topological polar surface area (TPSA) is 69.4 Å². The van der Waals surface area contributed by atoms with Gasteiger partial charge in [-0.15, -0.1) is 0 Å². The maximum Gasteiger partial charge on any atom is 0.164 e. The van der Waals surface area contributed by atoms with Crippen molar-refractivity contribution in [2.45, 2.75) is 63.8 Å². The first-order valence-electron chi connectivity index (χ1n) is 8.74. The highest BCUT2D eigenvalue weighted by molar-refractivity contribution is 6.33. The highest BCUT2D eigenvalue weighted by Gasteiger charge is 2.83. The van der Waals surface area contributed by atoms with E-state index in [0.29, 0.717) is 5.15 Å². The Morgan fingerprint density at radius 1 is 1.36 bits per heavy atom. The van der Waals surface area contributed by atoms with E-state index < -0.39 is 17.5 Å². The van der Waals surface area contributed by atoms with Crippen LogP contribution in [-0.4, -0.2) is 43.2 Å². The normalized spacial score (nSPS) is 42.4. The first-order chi connectivity index (χ1) is 11.7. The summed E-state index contributed by atoms with van der Waals surface area (Å²) >= 11 is 6.23. The number of aliphatic hydroxyl groups excluding tert-OH is 1. The second-order valence-electron chi connectivity index (χ2n) is 8.29. The van der Waals surface area contributed by atoms with E-state index in [1.807, 2.05) is 33.0 Å². The molecule has 25 heavy (non-hydrogen) atoms. The summed E-state index contributed by atoms with van der Waals surface area (Å²) in [5.74, 6) is -0.397. The molecule has 2 aliphatic carbocycles. The van der Waals surface area contributed by atoms with Crippen LogP contribution in [0.25, 0.3) is 11.0 Å². The summed E-state index contributed by atoms with van der Waals surface area (Å²) in [5.41, 5.74) is -0.0225. The van der Waals surface area contributed by atoms with Gasteiger partial charge in [-0.05, 0) is 46.1 Å². The molecule has 3 heterocycles. The van der Waals surface area contributed by atoms with E-state index in [-0.39, 0.29) is 23.5 Å². The van der Waals surface area contributed by atoms with Gasteiger partial charge in [0, 0.05) is 11.6 Å². The number of aromatic nitrogens is 3. The standard InChI is InChI=1S/C18H22ClN3O3/c1-9(23)18-7-11(18)12(13-17(18,4)25-16(2,3)24-13)22-6-5-10-14(19)20-8-21-15(10)22/h5-6,8-9,11-13,23H,7H2,1-4H3/t9-,11-,12-,13+,17-,18-/m1/s1. The zero-order valence-corrected chi connectivity index (χ0v) is 15.5. The van der Waals surface area contributed by atoms with Gasteiger partial charge in [0.1, 0.15) is 28.8 Å². The van der Waals surface area contributed by atoms with Gasteiger partial charge >= 0.3 is 0 Å². The molecule has 6 atom stereocenters. The lowest BCUT2D eigenvalue weighted by Crippen LogP contribution is -2.48. The zero-order chi connectivity index (χ0) is 17.8. The molecule has 6 nitrogen and oxygen atoms in total. The average molecular weight is 364 g/mol. The molecule has 0 aromatic carbocycles. The number of nitrogens with zero attached hydrogens (tertiary/aromatic N) is 3. The molecular weight excluding hydrogens is 342 g/mol. The van der Waals surface area contributed by atoms with E-state index in [9.17, 15) is 5.11 Å². The lowest BCUT2D eigenvalue weighted by atomic mass is 9.81. The predicted molar refractivity (Wildman–Crippen MR) is 92.2 cm³/mol. The number of fused-ring (bicyclic) bond motifs is 4. The van der Waals surface area contributed by atoms with Crippen LogP contribution in [-0.2, 0) is 9.47 Å². The van der Waals surface area contributed by atoms with E-state index >= 15 is 0 Å². The Labute approximate surface area is 151 Å². The van der Waals surface area contributed by atoms with E-state index in [0.717, 1.165) is 17.5 Å². The molecule has 0 amide bonds. The van der Waals surface area contributed by atoms with E-state index in [1.165, 1.54) is 6.33 Å². The minimum Gasteiger partial charge on any atom is -0.393 e. The summed E-state index contributed by atoms with van der Waals surface area (Å²) < 4.78 is 14.9. The molecule has 5 rings (SSSR count). The first-order valence-corrected chi connectivity index (χ1v) is 9.12. The van der Waals surface area contributed by atoms with Gasteiger partial charge in [-0.2, -0.15) is 0 Å². The molecule has 1 aliphatic heterocycles. The number of aliphatic hydroxyl groups is 1. The Bertz CT molecular complexity index is 882. The number of halogens is 1. The quantitative estimate of drug-likeness (QED) is 0.831. The van der Waals surface area contributed by atoms with Crippen LogP contribution in [0.15, 0.2) is 18.6 Å². The fraction of sp³-hybridized carbons (Fsp3) is 0.667. The molecule has 2 saturated carbocycles. The van der Waals surface area contributed by atoms with Crippen molar-refractivity contribution in [1.82, 2.24) is 14.5 Å². The Morgan fingerprint density at radius 2 is 2.12 bits per heavy atom. The van der Waals surface area contributed by atoms with Crippen LogP contribution in [0.5, 0.6) is 0 Å². The average Bonchev–Trinajstić information content (AvgIpc) is 2.96. The molecule has 0 spiro atoms. The minimum atomic E-state index is -0.678. The van der Waals surface area contributed by atoms with Gasteiger partial charge in [0.15, 0.2) is 5.79 Å². The number of hydrogen-bond acceptors (Lipinski definition) is 5. The third kappa shape index (κ3) is 1.76. The molecular formula is C18H22ClN3O3. The van der Waals surface area contributed by atoms with Crippen molar-refractivity contribution in [3.8, 4) is 0 Å². The second-order valence-corrected chi connectivity index (χ2v) is 8.65. The van der Waals surface area contributed by atoms with Crippen LogP contribution < -0.4 is 0 Å². The number of hydrogen-bond donors (Lipinski definition) is 1. The molecule has 1 saturated heterocycles. The predicted octanol–water partition coefficient (Wildman–Crippen LogP) is 2.94. The molecule has 0 bridgehead atoms. The van der Waals surface area contributed by atoms with Crippen molar-refractivity contribution in [2.24, 2.45) is 11.3 Å². The van der Waals surface area contributed by atoms with Crippen LogP contribution in [0.3, 0.4) is 0 Å². The highest BCUT2D eigenvalue weighted by Crippen LogP contribution is 2.77. The van der Waals surface area contributed by atoms with Crippen molar-refractivity contribution in [2.75, 3.05) is 0 Å². The summed E-state index contributed by atoms with van der Waals surface area (Å²) in [4.78, 5) is 8.52. The van der Waals surface area contributed by atoms with Gasteiger partial charge < -0.3 is 19.1 Å².